The summed E-state index contributed by atoms with van der Waals surface area (Å²) in [6.07, 6.45) is 0.599. The number of aromatic nitrogens is 2. The van der Waals surface area contributed by atoms with E-state index in [0.717, 1.165) is 10.7 Å². The molecule has 0 aliphatic carbocycles. The predicted octanol–water partition coefficient (Wildman–Crippen LogP) is 1.57. The Morgan fingerprint density at radius 2 is 2.27 bits per heavy atom. The van der Waals surface area contributed by atoms with E-state index in [0.29, 0.717) is 17.7 Å². The monoisotopic (exact) mass is 375 g/mol. The number of thioether (sulfide) groups is 1. The predicted molar refractivity (Wildman–Crippen MR) is 90.1 cm³/mol. The first kappa shape index (κ1) is 16.5. The molecule has 134 valence electrons. The molecule has 10 nitrogen and oxygen atoms in total. The van der Waals surface area contributed by atoms with Gasteiger partial charge in [0.25, 0.3) is 11.6 Å². The molecule has 1 atom stereocenters. The number of rotatable bonds is 4. The Morgan fingerprint density at radius 3 is 3.00 bits per heavy atom. The Labute approximate surface area is 151 Å². The molecule has 1 spiro atoms. The van der Waals surface area contributed by atoms with Gasteiger partial charge in [-0.25, -0.2) is 4.79 Å². The van der Waals surface area contributed by atoms with Crippen molar-refractivity contribution in [2.45, 2.75) is 18.5 Å². The van der Waals surface area contributed by atoms with Crippen LogP contribution >= 0.6 is 11.8 Å². The Morgan fingerprint density at radius 1 is 1.42 bits per heavy atom. The van der Waals surface area contributed by atoms with Gasteiger partial charge in [-0.3, -0.25) is 19.8 Å². The Bertz CT molecular complexity index is 907. The van der Waals surface area contributed by atoms with Crippen LogP contribution < -0.4 is 5.32 Å². The van der Waals surface area contributed by atoms with E-state index >= 15 is 0 Å². The fourth-order valence-corrected chi connectivity index (χ4v) is 4.31. The van der Waals surface area contributed by atoms with Gasteiger partial charge in [0.1, 0.15) is 12.1 Å². The van der Waals surface area contributed by atoms with Crippen molar-refractivity contribution >= 4 is 29.4 Å². The molecule has 26 heavy (non-hydrogen) atoms. The zero-order chi connectivity index (χ0) is 18.3. The van der Waals surface area contributed by atoms with Gasteiger partial charge in [-0.05, 0) is 12.2 Å². The Balaban J connectivity index is 1.54. The molecule has 1 aromatic heterocycles. The van der Waals surface area contributed by atoms with Crippen LogP contribution in [0.2, 0.25) is 0 Å². The molecule has 2 aliphatic rings. The minimum absolute atomic E-state index is 0.0812. The first-order valence-corrected chi connectivity index (χ1v) is 8.93. The summed E-state index contributed by atoms with van der Waals surface area (Å²) >= 11 is 1.62. The van der Waals surface area contributed by atoms with Crippen LogP contribution in [0.4, 0.5) is 10.5 Å². The van der Waals surface area contributed by atoms with Crippen LogP contribution in [0.25, 0.3) is 11.4 Å². The van der Waals surface area contributed by atoms with Gasteiger partial charge >= 0.3 is 6.03 Å². The molecule has 0 saturated carbocycles. The van der Waals surface area contributed by atoms with Gasteiger partial charge in [0.15, 0.2) is 0 Å². The van der Waals surface area contributed by atoms with E-state index in [2.05, 4.69) is 15.5 Å². The number of carbonyl (C=O) groups is 2. The second kappa shape index (κ2) is 6.09. The molecule has 1 aromatic carbocycles. The zero-order valence-electron chi connectivity index (χ0n) is 13.4. The smallest absolute Gasteiger partial charge is 0.325 e. The summed E-state index contributed by atoms with van der Waals surface area (Å²) in [5.41, 5.74) is -0.510. The fraction of sp³-hybridized carbons (Fsp3) is 0.333. The summed E-state index contributed by atoms with van der Waals surface area (Å²) in [5, 5.41) is 17.4. The lowest BCUT2D eigenvalue weighted by molar-refractivity contribution is -0.384. The van der Waals surface area contributed by atoms with Crippen molar-refractivity contribution in [3.05, 3.63) is 40.3 Å². The highest BCUT2D eigenvalue weighted by molar-refractivity contribution is 7.99. The second-order valence-electron chi connectivity index (χ2n) is 6.03. The molecule has 2 saturated heterocycles. The third-order valence-corrected chi connectivity index (χ3v) is 5.53. The van der Waals surface area contributed by atoms with Crippen molar-refractivity contribution in [3.8, 4) is 11.4 Å². The summed E-state index contributed by atoms with van der Waals surface area (Å²) in [6, 6.07) is 5.33. The highest BCUT2D eigenvalue weighted by Gasteiger charge is 2.53. The minimum Gasteiger partial charge on any atom is -0.337 e. The number of nitro benzene ring substituents is 1. The summed E-state index contributed by atoms with van der Waals surface area (Å²) in [7, 11) is 0. The van der Waals surface area contributed by atoms with E-state index < -0.39 is 16.5 Å². The molecular weight excluding hydrogens is 362 g/mol. The lowest BCUT2D eigenvalue weighted by Gasteiger charge is -2.18. The van der Waals surface area contributed by atoms with Crippen molar-refractivity contribution in [3.63, 3.8) is 0 Å². The number of non-ortho nitro benzene ring substituents is 1. The molecule has 0 bridgehead atoms. The summed E-state index contributed by atoms with van der Waals surface area (Å²) in [6.45, 7) is -0.140. The topological polar surface area (TPSA) is 131 Å². The van der Waals surface area contributed by atoms with E-state index in [-0.39, 0.29) is 29.9 Å². The third-order valence-electron chi connectivity index (χ3n) is 4.34. The lowest BCUT2D eigenvalue weighted by Crippen LogP contribution is -2.46. The van der Waals surface area contributed by atoms with E-state index in [1.807, 2.05) is 0 Å². The summed E-state index contributed by atoms with van der Waals surface area (Å²) in [4.78, 5) is 40.3. The van der Waals surface area contributed by atoms with E-state index in [1.165, 1.54) is 18.2 Å². The van der Waals surface area contributed by atoms with Gasteiger partial charge in [0.2, 0.25) is 11.7 Å². The van der Waals surface area contributed by atoms with E-state index in [1.54, 1.807) is 17.8 Å². The normalized spacial score (nSPS) is 22.2. The van der Waals surface area contributed by atoms with E-state index in [4.69, 9.17) is 4.52 Å². The highest BCUT2D eigenvalue weighted by Crippen LogP contribution is 2.34. The lowest BCUT2D eigenvalue weighted by atomic mass is 9.99. The van der Waals surface area contributed by atoms with Crippen LogP contribution in [-0.4, -0.2) is 48.9 Å². The number of urea groups is 1. The molecule has 2 aliphatic heterocycles. The van der Waals surface area contributed by atoms with Crippen molar-refractivity contribution < 1.29 is 19.0 Å². The number of imide groups is 1. The van der Waals surface area contributed by atoms with Crippen LogP contribution in [0.1, 0.15) is 12.3 Å². The SMILES string of the molecule is O=C1N[C@@]2(CCSC2)C(=O)N1Cc1nc(-c2cccc([N+](=O)[O-])c2)no1. The number of hydrogen-bond donors (Lipinski definition) is 1. The average molecular weight is 375 g/mol. The molecule has 4 rings (SSSR count). The van der Waals surface area contributed by atoms with Crippen molar-refractivity contribution in [2.24, 2.45) is 0 Å². The van der Waals surface area contributed by atoms with Crippen LogP contribution in [0, 0.1) is 10.1 Å². The zero-order valence-corrected chi connectivity index (χ0v) is 14.2. The Kier molecular flexibility index (Phi) is 3.87. The number of nitrogens with zero attached hydrogens (tertiary/aromatic N) is 4. The first-order chi connectivity index (χ1) is 12.5. The van der Waals surface area contributed by atoms with Crippen LogP contribution in [-0.2, 0) is 11.3 Å². The fourth-order valence-electron chi connectivity index (χ4n) is 2.98. The van der Waals surface area contributed by atoms with Crippen LogP contribution in [0.3, 0.4) is 0 Å². The average Bonchev–Trinajstić information content (AvgIpc) is 3.33. The molecule has 3 amide bonds. The van der Waals surface area contributed by atoms with Gasteiger partial charge in [0, 0.05) is 23.4 Å². The van der Waals surface area contributed by atoms with Crippen LogP contribution in [0.5, 0.6) is 0 Å². The number of benzene rings is 1. The second-order valence-corrected chi connectivity index (χ2v) is 7.13. The van der Waals surface area contributed by atoms with Crippen molar-refractivity contribution in [2.75, 3.05) is 11.5 Å². The van der Waals surface area contributed by atoms with Gasteiger partial charge in [-0.15, -0.1) is 0 Å². The van der Waals surface area contributed by atoms with Gasteiger partial charge < -0.3 is 9.84 Å². The summed E-state index contributed by atoms with van der Waals surface area (Å²) < 4.78 is 5.12. The Hall–Kier alpha value is -2.95. The minimum atomic E-state index is -0.829. The number of hydrogen-bond acceptors (Lipinski definition) is 8. The standard InChI is InChI=1S/C15H13N5O5S/c21-13-15(4-5-26-8-15)17-14(22)19(13)7-11-16-12(18-25-11)9-2-1-3-10(6-9)20(23)24/h1-3,6H,4-5,7-8H2,(H,17,22)/t15-/m1/s1. The van der Waals surface area contributed by atoms with Gasteiger partial charge in [-0.1, -0.05) is 17.3 Å². The number of amides is 3. The van der Waals surface area contributed by atoms with Crippen molar-refractivity contribution in [1.29, 1.82) is 0 Å². The maximum absolute atomic E-state index is 12.6. The largest absolute Gasteiger partial charge is 0.337 e. The number of carbonyl (C=O) groups excluding carboxylic acids is 2. The molecule has 0 unspecified atom stereocenters. The van der Waals surface area contributed by atoms with E-state index in [9.17, 15) is 19.7 Å². The summed E-state index contributed by atoms with van der Waals surface area (Å²) in [5.74, 6) is 1.32. The molecule has 11 heteroatoms. The third kappa shape index (κ3) is 2.69. The number of nitro groups is 1. The maximum Gasteiger partial charge on any atom is 0.325 e. The molecule has 3 heterocycles. The quantitative estimate of drug-likeness (QED) is 0.484. The van der Waals surface area contributed by atoms with Gasteiger partial charge in [-0.2, -0.15) is 16.7 Å². The number of nitrogens with one attached hydrogen (secondary N) is 1. The molecular formula is C15H13N5O5S. The van der Waals surface area contributed by atoms with Gasteiger partial charge in [0.05, 0.1) is 4.92 Å². The maximum atomic E-state index is 12.6. The molecule has 0 radical (unpaired) electrons. The first-order valence-electron chi connectivity index (χ1n) is 7.78. The molecule has 1 N–H and O–H groups in total. The van der Waals surface area contributed by atoms with Crippen LogP contribution in [0.15, 0.2) is 28.8 Å². The molecule has 2 aromatic rings. The van der Waals surface area contributed by atoms with Crippen molar-refractivity contribution in [1.82, 2.24) is 20.4 Å². The molecule has 2 fully saturated rings. The highest BCUT2D eigenvalue weighted by atomic mass is 32.2.